The van der Waals surface area contributed by atoms with E-state index in [9.17, 15) is 4.79 Å². The molecule has 0 aromatic heterocycles. The monoisotopic (exact) mass is 237 g/mol. The zero-order valence-corrected chi connectivity index (χ0v) is 10.5. The van der Waals surface area contributed by atoms with Gasteiger partial charge in [0.15, 0.2) is 0 Å². The van der Waals surface area contributed by atoms with E-state index < -0.39 is 0 Å². The Hall–Kier alpha value is -0.610. The van der Waals surface area contributed by atoms with Crippen LogP contribution in [0.1, 0.15) is 25.7 Å². The highest BCUT2D eigenvalue weighted by Gasteiger charge is 2.39. The van der Waals surface area contributed by atoms with Gasteiger partial charge in [0.2, 0.25) is 5.91 Å². The van der Waals surface area contributed by atoms with Crippen LogP contribution in [-0.4, -0.2) is 61.0 Å². The van der Waals surface area contributed by atoms with Gasteiger partial charge in [0.25, 0.3) is 0 Å². The van der Waals surface area contributed by atoms with Crippen LogP contribution in [0.2, 0.25) is 0 Å². The quantitative estimate of drug-likeness (QED) is 0.766. The van der Waals surface area contributed by atoms with Crippen molar-refractivity contribution in [1.82, 2.24) is 15.1 Å². The lowest BCUT2D eigenvalue weighted by molar-refractivity contribution is -0.132. The van der Waals surface area contributed by atoms with Gasteiger partial charge in [0, 0.05) is 38.6 Å². The molecule has 0 saturated carbocycles. The normalized spacial score (nSPS) is 33.3. The van der Waals surface area contributed by atoms with Crippen molar-refractivity contribution in [3.05, 3.63) is 0 Å². The summed E-state index contributed by atoms with van der Waals surface area (Å²) in [7, 11) is 0. The molecule has 3 rings (SSSR count). The summed E-state index contributed by atoms with van der Waals surface area (Å²) in [4.78, 5) is 16.8. The summed E-state index contributed by atoms with van der Waals surface area (Å²) in [5.74, 6) is 1.11. The highest BCUT2D eigenvalue weighted by Crippen LogP contribution is 2.27. The van der Waals surface area contributed by atoms with Gasteiger partial charge >= 0.3 is 0 Å². The standard InChI is InChI=1S/C13H23N3O/c17-13(4-7-15-5-1-2-6-15)16-8-3-11-9-14-10-12(11)16/h11-12,14H,1-10H2/t11-,12+/m0/s1. The molecule has 3 saturated heterocycles. The number of likely N-dealkylation sites (tertiary alicyclic amines) is 2. The molecule has 0 bridgehead atoms. The van der Waals surface area contributed by atoms with Gasteiger partial charge in [0.1, 0.15) is 0 Å². The van der Waals surface area contributed by atoms with Crippen molar-refractivity contribution < 1.29 is 4.79 Å². The minimum Gasteiger partial charge on any atom is -0.338 e. The smallest absolute Gasteiger partial charge is 0.224 e. The van der Waals surface area contributed by atoms with Crippen LogP contribution in [-0.2, 0) is 4.79 Å². The molecule has 0 radical (unpaired) electrons. The Morgan fingerprint density at radius 3 is 2.82 bits per heavy atom. The summed E-state index contributed by atoms with van der Waals surface area (Å²) in [6.07, 6.45) is 4.55. The summed E-state index contributed by atoms with van der Waals surface area (Å²) in [6.45, 7) is 6.48. The van der Waals surface area contributed by atoms with Crippen LogP contribution in [0.25, 0.3) is 0 Å². The summed E-state index contributed by atoms with van der Waals surface area (Å²) < 4.78 is 0. The number of nitrogens with one attached hydrogen (secondary N) is 1. The largest absolute Gasteiger partial charge is 0.338 e. The highest BCUT2D eigenvalue weighted by atomic mass is 16.2. The Morgan fingerprint density at radius 1 is 1.18 bits per heavy atom. The van der Waals surface area contributed by atoms with Gasteiger partial charge in [-0.3, -0.25) is 4.79 Å². The van der Waals surface area contributed by atoms with Crippen LogP contribution in [0.5, 0.6) is 0 Å². The van der Waals surface area contributed by atoms with Crippen molar-refractivity contribution in [2.24, 2.45) is 5.92 Å². The molecule has 3 aliphatic rings. The number of rotatable bonds is 3. The molecule has 0 aromatic carbocycles. The van der Waals surface area contributed by atoms with Gasteiger partial charge in [0.05, 0.1) is 0 Å². The number of carbonyl (C=O) groups is 1. The van der Waals surface area contributed by atoms with E-state index in [0.717, 1.165) is 38.5 Å². The predicted molar refractivity (Wildman–Crippen MR) is 66.8 cm³/mol. The van der Waals surface area contributed by atoms with Crippen LogP contribution in [0.15, 0.2) is 0 Å². The third-order valence-corrected chi connectivity index (χ3v) is 4.61. The van der Waals surface area contributed by atoms with Gasteiger partial charge in [-0.2, -0.15) is 0 Å². The fourth-order valence-corrected chi connectivity index (χ4v) is 3.56. The van der Waals surface area contributed by atoms with E-state index in [2.05, 4.69) is 15.1 Å². The molecule has 1 N–H and O–H groups in total. The number of fused-ring (bicyclic) bond motifs is 1. The summed E-state index contributed by atoms with van der Waals surface area (Å²) in [5.41, 5.74) is 0. The van der Waals surface area contributed by atoms with Gasteiger partial charge in [-0.1, -0.05) is 0 Å². The molecule has 17 heavy (non-hydrogen) atoms. The SMILES string of the molecule is O=C(CCN1CCCC1)N1CC[C@H]2CNC[C@H]21. The van der Waals surface area contributed by atoms with Crippen molar-refractivity contribution in [2.75, 3.05) is 39.3 Å². The van der Waals surface area contributed by atoms with Crippen molar-refractivity contribution in [3.8, 4) is 0 Å². The third-order valence-electron chi connectivity index (χ3n) is 4.61. The average Bonchev–Trinajstić information content (AvgIpc) is 3.02. The van der Waals surface area contributed by atoms with E-state index in [1.54, 1.807) is 0 Å². The first-order valence-electron chi connectivity index (χ1n) is 7.07. The zero-order valence-electron chi connectivity index (χ0n) is 10.5. The Morgan fingerprint density at radius 2 is 2.00 bits per heavy atom. The van der Waals surface area contributed by atoms with E-state index in [4.69, 9.17) is 0 Å². The van der Waals surface area contributed by atoms with Crippen LogP contribution < -0.4 is 5.32 Å². The highest BCUT2D eigenvalue weighted by molar-refractivity contribution is 5.77. The third kappa shape index (κ3) is 2.33. The number of carbonyl (C=O) groups excluding carboxylic acids is 1. The lowest BCUT2D eigenvalue weighted by atomic mass is 10.1. The predicted octanol–water partition coefficient (Wildman–Crippen LogP) is 0.293. The minimum atomic E-state index is 0.383. The number of hydrogen-bond donors (Lipinski definition) is 1. The zero-order chi connectivity index (χ0) is 11.7. The topological polar surface area (TPSA) is 35.6 Å². The summed E-state index contributed by atoms with van der Waals surface area (Å²) >= 11 is 0. The molecule has 4 heteroatoms. The second-order valence-electron chi connectivity index (χ2n) is 5.66. The van der Waals surface area contributed by atoms with Crippen molar-refractivity contribution in [2.45, 2.75) is 31.7 Å². The van der Waals surface area contributed by atoms with E-state index in [1.807, 2.05) is 0 Å². The van der Waals surface area contributed by atoms with Gasteiger partial charge in [-0.15, -0.1) is 0 Å². The Balaban J connectivity index is 1.48. The maximum atomic E-state index is 12.2. The lowest BCUT2D eigenvalue weighted by Crippen LogP contribution is -2.40. The van der Waals surface area contributed by atoms with Crippen LogP contribution in [0.3, 0.4) is 0 Å². The van der Waals surface area contributed by atoms with Crippen LogP contribution in [0.4, 0.5) is 0 Å². The molecule has 0 spiro atoms. The van der Waals surface area contributed by atoms with Crippen LogP contribution >= 0.6 is 0 Å². The molecular weight excluding hydrogens is 214 g/mol. The molecule has 4 nitrogen and oxygen atoms in total. The van der Waals surface area contributed by atoms with E-state index in [-0.39, 0.29) is 0 Å². The summed E-state index contributed by atoms with van der Waals surface area (Å²) in [6, 6.07) is 0.501. The Labute approximate surface area is 103 Å². The van der Waals surface area contributed by atoms with Crippen LogP contribution in [0, 0.1) is 5.92 Å². The molecule has 0 unspecified atom stereocenters. The first-order valence-corrected chi connectivity index (χ1v) is 7.07. The Bertz CT molecular complexity index is 288. The van der Waals surface area contributed by atoms with Crippen molar-refractivity contribution in [3.63, 3.8) is 0 Å². The molecule has 2 atom stereocenters. The first kappa shape index (κ1) is 11.5. The van der Waals surface area contributed by atoms with E-state index in [1.165, 1.54) is 32.4 Å². The van der Waals surface area contributed by atoms with Gasteiger partial charge in [-0.25, -0.2) is 0 Å². The molecule has 0 aromatic rings. The Kier molecular flexibility index (Phi) is 3.34. The van der Waals surface area contributed by atoms with Gasteiger partial charge in [-0.05, 0) is 38.3 Å². The average molecular weight is 237 g/mol. The molecule has 3 heterocycles. The number of nitrogens with zero attached hydrogens (tertiary/aromatic N) is 2. The number of hydrogen-bond acceptors (Lipinski definition) is 3. The molecule has 3 aliphatic heterocycles. The second kappa shape index (κ2) is 4.94. The maximum Gasteiger partial charge on any atom is 0.224 e. The fraction of sp³-hybridized carbons (Fsp3) is 0.923. The van der Waals surface area contributed by atoms with E-state index in [0.29, 0.717) is 11.9 Å². The maximum absolute atomic E-state index is 12.2. The van der Waals surface area contributed by atoms with E-state index >= 15 is 0 Å². The number of amides is 1. The fourth-order valence-electron chi connectivity index (χ4n) is 3.56. The first-order chi connectivity index (χ1) is 8.34. The van der Waals surface area contributed by atoms with Crippen molar-refractivity contribution in [1.29, 1.82) is 0 Å². The summed E-state index contributed by atoms with van der Waals surface area (Å²) in [5, 5.41) is 3.40. The molecular formula is C13H23N3O. The van der Waals surface area contributed by atoms with Crippen molar-refractivity contribution >= 4 is 5.91 Å². The van der Waals surface area contributed by atoms with Gasteiger partial charge < -0.3 is 15.1 Å². The minimum absolute atomic E-state index is 0.383. The molecule has 96 valence electrons. The molecule has 1 amide bonds. The lowest BCUT2D eigenvalue weighted by Gasteiger charge is -2.24. The molecule has 0 aliphatic carbocycles. The molecule has 3 fully saturated rings. The second-order valence-corrected chi connectivity index (χ2v) is 5.66.